The minimum atomic E-state index is -0.435. The quantitative estimate of drug-likeness (QED) is 0.601. The zero-order valence-corrected chi connectivity index (χ0v) is 13.4. The smallest absolute Gasteiger partial charge is 0.142 e. The van der Waals surface area contributed by atoms with Crippen LogP contribution in [0.25, 0.3) is 0 Å². The van der Waals surface area contributed by atoms with Gasteiger partial charge in [0.1, 0.15) is 5.82 Å². The fraction of sp³-hybridized carbons (Fsp3) is 0.143. The first-order valence-corrected chi connectivity index (χ1v) is 7.41. The van der Waals surface area contributed by atoms with Crippen molar-refractivity contribution in [3.63, 3.8) is 0 Å². The zero-order chi connectivity index (χ0) is 14.7. The Balaban J connectivity index is 2.31. The third-order valence-corrected chi connectivity index (χ3v) is 4.34. The molecule has 0 aliphatic rings. The summed E-state index contributed by atoms with van der Waals surface area (Å²) in [7, 11) is 0. The minimum Gasteiger partial charge on any atom is -0.271 e. The molecule has 2 rings (SSSR count). The zero-order valence-electron chi connectivity index (χ0n) is 10.3. The SMILES string of the molecule is NNC(Cc1cccc(F)c1Cl)c1ccc(Cl)cc1Br. The van der Waals surface area contributed by atoms with Gasteiger partial charge in [-0.15, -0.1) is 0 Å². The number of halogens is 4. The van der Waals surface area contributed by atoms with E-state index in [0.717, 1.165) is 10.0 Å². The van der Waals surface area contributed by atoms with Gasteiger partial charge in [-0.3, -0.25) is 11.3 Å². The van der Waals surface area contributed by atoms with Crippen LogP contribution in [0.2, 0.25) is 10.0 Å². The van der Waals surface area contributed by atoms with Crippen LogP contribution < -0.4 is 11.3 Å². The highest BCUT2D eigenvalue weighted by atomic mass is 79.9. The van der Waals surface area contributed by atoms with Gasteiger partial charge in [0.25, 0.3) is 0 Å². The van der Waals surface area contributed by atoms with E-state index in [1.807, 2.05) is 6.07 Å². The monoisotopic (exact) mass is 376 g/mol. The third kappa shape index (κ3) is 3.51. The van der Waals surface area contributed by atoms with Gasteiger partial charge in [0.05, 0.1) is 11.1 Å². The molecule has 2 aromatic rings. The Morgan fingerprint density at radius 3 is 2.65 bits per heavy atom. The average molecular weight is 378 g/mol. The van der Waals surface area contributed by atoms with Gasteiger partial charge in [-0.05, 0) is 35.7 Å². The Morgan fingerprint density at radius 1 is 1.25 bits per heavy atom. The van der Waals surface area contributed by atoms with E-state index in [1.54, 1.807) is 24.3 Å². The van der Waals surface area contributed by atoms with Gasteiger partial charge in [0.2, 0.25) is 0 Å². The first kappa shape index (κ1) is 15.7. The van der Waals surface area contributed by atoms with Crippen molar-refractivity contribution >= 4 is 39.1 Å². The molecule has 6 heteroatoms. The summed E-state index contributed by atoms with van der Waals surface area (Å²) < 4.78 is 14.3. The molecule has 1 atom stereocenters. The van der Waals surface area contributed by atoms with Crippen molar-refractivity contribution < 1.29 is 4.39 Å². The molecule has 1 unspecified atom stereocenters. The average Bonchev–Trinajstić information content (AvgIpc) is 2.41. The van der Waals surface area contributed by atoms with E-state index in [0.29, 0.717) is 17.0 Å². The normalized spacial score (nSPS) is 12.4. The molecule has 0 spiro atoms. The van der Waals surface area contributed by atoms with Crippen molar-refractivity contribution in [2.75, 3.05) is 0 Å². The van der Waals surface area contributed by atoms with Gasteiger partial charge in [0, 0.05) is 9.50 Å². The largest absolute Gasteiger partial charge is 0.271 e. The summed E-state index contributed by atoms with van der Waals surface area (Å²) in [6.45, 7) is 0. The van der Waals surface area contributed by atoms with Gasteiger partial charge >= 0.3 is 0 Å². The van der Waals surface area contributed by atoms with Crippen LogP contribution in [0.15, 0.2) is 40.9 Å². The Bertz CT molecular complexity index is 622. The fourth-order valence-corrected chi connectivity index (χ4v) is 3.13. The number of hydrazine groups is 1. The molecule has 2 nitrogen and oxygen atoms in total. The molecule has 106 valence electrons. The van der Waals surface area contributed by atoms with Crippen molar-refractivity contribution in [1.29, 1.82) is 0 Å². The molecule has 0 saturated heterocycles. The number of rotatable bonds is 4. The molecule has 3 N–H and O–H groups in total. The highest BCUT2D eigenvalue weighted by Crippen LogP contribution is 2.30. The molecule has 20 heavy (non-hydrogen) atoms. The van der Waals surface area contributed by atoms with E-state index in [1.165, 1.54) is 6.07 Å². The van der Waals surface area contributed by atoms with E-state index in [9.17, 15) is 4.39 Å². The summed E-state index contributed by atoms with van der Waals surface area (Å²) in [5, 5.41) is 0.748. The lowest BCUT2D eigenvalue weighted by Gasteiger charge is -2.19. The summed E-state index contributed by atoms with van der Waals surface area (Å²) in [5.41, 5.74) is 4.34. The van der Waals surface area contributed by atoms with Crippen molar-refractivity contribution in [3.8, 4) is 0 Å². The standard InChI is InChI=1S/C14H12BrCl2FN2/c15-11-7-9(16)4-5-10(11)13(20-19)6-8-2-1-3-12(18)14(8)17/h1-5,7,13,20H,6,19H2. The van der Waals surface area contributed by atoms with Gasteiger partial charge in [-0.25, -0.2) is 4.39 Å². The number of nitrogens with one attached hydrogen (secondary N) is 1. The number of hydrogen-bond donors (Lipinski definition) is 2. The molecule has 0 saturated carbocycles. The van der Waals surface area contributed by atoms with Crippen LogP contribution in [0, 0.1) is 5.82 Å². The maximum Gasteiger partial charge on any atom is 0.142 e. The molecule has 0 fully saturated rings. The summed E-state index contributed by atoms with van der Waals surface area (Å²) >= 11 is 15.3. The van der Waals surface area contributed by atoms with Crippen molar-refractivity contribution in [3.05, 3.63) is 67.9 Å². The van der Waals surface area contributed by atoms with Crippen LogP contribution in [0.4, 0.5) is 4.39 Å². The molecule has 0 bridgehead atoms. The molecule has 0 heterocycles. The second kappa shape index (κ2) is 6.87. The van der Waals surface area contributed by atoms with Crippen molar-refractivity contribution in [1.82, 2.24) is 5.43 Å². The van der Waals surface area contributed by atoms with Crippen LogP contribution in [0.1, 0.15) is 17.2 Å². The van der Waals surface area contributed by atoms with E-state index < -0.39 is 5.82 Å². The molecule has 2 aromatic carbocycles. The highest BCUT2D eigenvalue weighted by molar-refractivity contribution is 9.10. The second-order valence-corrected chi connectivity index (χ2v) is 5.97. The lowest BCUT2D eigenvalue weighted by Crippen LogP contribution is -2.30. The third-order valence-electron chi connectivity index (χ3n) is 2.99. The Labute approximate surface area is 135 Å². The Hall–Kier alpha value is -0.650. The lowest BCUT2D eigenvalue weighted by molar-refractivity contribution is 0.547. The van der Waals surface area contributed by atoms with E-state index >= 15 is 0 Å². The van der Waals surface area contributed by atoms with Crippen LogP contribution in [-0.4, -0.2) is 0 Å². The molecular formula is C14H12BrCl2FN2. The van der Waals surface area contributed by atoms with Gasteiger partial charge in [0.15, 0.2) is 0 Å². The van der Waals surface area contributed by atoms with Crippen molar-refractivity contribution in [2.45, 2.75) is 12.5 Å². The first-order valence-electron chi connectivity index (χ1n) is 5.87. The first-order chi connectivity index (χ1) is 9.52. The molecular weight excluding hydrogens is 366 g/mol. The lowest BCUT2D eigenvalue weighted by atomic mass is 9.99. The summed E-state index contributed by atoms with van der Waals surface area (Å²) in [5.74, 6) is 5.17. The van der Waals surface area contributed by atoms with Gasteiger partial charge in [-0.2, -0.15) is 0 Å². The second-order valence-electron chi connectivity index (χ2n) is 4.30. The van der Waals surface area contributed by atoms with Crippen LogP contribution >= 0.6 is 39.1 Å². The number of benzene rings is 2. The predicted octanol–water partition coefficient (Wildman–Crippen LogP) is 4.64. The highest BCUT2D eigenvalue weighted by Gasteiger charge is 2.16. The molecule has 0 radical (unpaired) electrons. The molecule has 0 aliphatic heterocycles. The summed E-state index contributed by atoms with van der Waals surface area (Å²) in [4.78, 5) is 0. The number of nitrogens with two attached hydrogens (primary N) is 1. The fourth-order valence-electron chi connectivity index (χ4n) is 1.97. The number of hydrogen-bond acceptors (Lipinski definition) is 2. The van der Waals surface area contributed by atoms with Gasteiger partial charge < -0.3 is 0 Å². The minimum absolute atomic E-state index is 0.123. The van der Waals surface area contributed by atoms with E-state index in [2.05, 4.69) is 21.4 Å². The molecule has 0 aliphatic carbocycles. The summed E-state index contributed by atoms with van der Waals surface area (Å²) in [6, 6.07) is 9.95. The van der Waals surface area contributed by atoms with Crippen molar-refractivity contribution in [2.24, 2.45) is 5.84 Å². The molecule has 0 amide bonds. The molecule has 0 aromatic heterocycles. The maximum absolute atomic E-state index is 13.5. The van der Waals surface area contributed by atoms with Crippen LogP contribution in [0.5, 0.6) is 0 Å². The van der Waals surface area contributed by atoms with Crippen LogP contribution in [-0.2, 0) is 6.42 Å². The topological polar surface area (TPSA) is 38.0 Å². The summed E-state index contributed by atoms with van der Waals surface area (Å²) in [6.07, 6.45) is 0.466. The maximum atomic E-state index is 13.5. The van der Waals surface area contributed by atoms with Gasteiger partial charge in [-0.1, -0.05) is 57.3 Å². The van der Waals surface area contributed by atoms with E-state index in [-0.39, 0.29) is 11.1 Å². The Kier molecular flexibility index (Phi) is 5.41. The predicted molar refractivity (Wildman–Crippen MR) is 84.3 cm³/mol. The van der Waals surface area contributed by atoms with E-state index in [4.69, 9.17) is 29.0 Å². The Morgan fingerprint density at radius 2 is 2.00 bits per heavy atom. The van der Waals surface area contributed by atoms with Crippen LogP contribution in [0.3, 0.4) is 0 Å².